The highest BCUT2D eigenvalue weighted by Crippen LogP contribution is 2.48. The molecule has 1 spiro atoms. The van der Waals surface area contributed by atoms with Crippen molar-refractivity contribution in [2.75, 3.05) is 0 Å². The molecule has 0 atom stereocenters. The fraction of sp³-hybridized carbons (Fsp3) is 0.875. The van der Waals surface area contributed by atoms with Gasteiger partial charge in [-0.25, -0.2) is 4.99 Å². The van der Waals surface area contributed by atoms with Crippen molar-refractivity contribution in [3.63, 3.8) is 0 Å². The molecule has 0 unspecified atom stereocenters. The van der Waals surface area contributed by atoms with Crippen LogP contribution in [0.2, 0.25) is 0 Å². The van der Waals surface area contributed by atoms with Gasteiger partial charge in [0.1, 0.15) is 5.60 Å². The fourth-order valence-corrected chi connectivity index (χ4v) is 1.83. The first-order valence-electron chi connectivity index (χ1n) is 4.06. The first kappa shape index (κ1) is 6.95. The van der Waals surface area contributed by atoms with E-state index in [0.29, 0.717) is 6.02 Å². The molecule has 1 heterocycles. The van der Waals surface area contributed by atoms with Crippen LogP contribution in [0.25, 0.3) is 0 Å². The van der Waals surface area contributed by atoms with Gasteiger partial charge in [-0.1, -0.05) is 0 Å². The normalized spacial score (nSPS) is 30.9. The molecular weight excluding hydrogens is 140 g/mol. The van der Waals surface area contributed by atoms with E-state index in [4.69, 9.17) is 10.5 Å². The van der Waals surface area contributed by atoms with Crippen LogP contribution in [-0.2, 0) is 4.74 Å². The predicted octanol–water partition coefficient (Wildman–Crippen LogP) is 1.03. The van der Waals surface area contributed by atoms with E-state index in [0.717, 1.165) is 19.3 Å². The lowest BCUT2D eigenvalue weighted by Gasteiger charge is -2.31. The maximum Gasteiger partial charge on any atom is 0.283 e. The Balaban J connectivity index is 2.23. The minimum Gasteiger partial charge on any atom is -0.459 e. The van der Waals surface area contributed by atoms with Crippen molar-refractivity contribution in [1.82, 2.24) is 0 Å². The van der Waals surface area contributed by atoms with Crippen LogP contribution in [-0.4, -0.2) is 17.2 Å². The van der Waals surface area contributed by atoms with Gasteiger partial charge in [-0.3, -0.25) is 0 Å². The molecule has 0 radical (unpaired) electrons. The largest absolute Gasteiger partial charge is 0.459 e. The summed E-state index contributed by atoms with van der Waals surface area (Å²) in [6.07, 6.45) is 3.31. The molecule has 3 heteroatoms. The molecule has 0 aromatic rings. The summed E-state index contributed by atoms with van der Waals surface area (Å²) in [5.74, 6) is 0. The second-order valence-corrected chi connectivity index (χ2v) is 4.22. The van der Waals surface area contributed by atoms with Gasteiger partial charge < -0.3 is 10.5 Å². The van der Waals surface area contributed by atoms with Crippen molar-refractivity contribution in [3.8, 4) is 0 Å². The molecule has 2 N–H and O–H groups in total. The summed E-state index contributed by atoms with van der Waals surface area (Å²) >= 11 is 0. The molecule has 2 rings (SSSR count). The van der Waals surface area contributed by atoms with Crippen LogP contribution in [0.15, 0.2) is 4.99 Å². The second kappa shape index (κ2) is 1.71. The summed E-state index contributed by atoms with van der Waals surface area (Å²) in [7, 11) is 0. The van der Waals surface area contributed by atoms with Gasteiger partial charge in [0.2, 0.25) is 0 Å². The molecule has 0 aromatic heterocycles. The number of rotatable bonds is 0. The fourth-order valence-electron chi connectivity index (χ4n) is 1.83. The molecular formula is C8H14N2O. The van der Waals surface area contributed by atoms with Crippen LogP contribution >= 0.6 is 0 Å². The second-order valence-electron chi connectivity index (χ2n) is 4.22. The van der Waals surface area contributed by atoms with Crippen molar-refractivity contribution < 1.29 is 4.74 Å². The Hall–Kier alpha value is -0.730. The lowest BCUT2D eigenvalue weighted by Crippen LogP contribution is -2.40. The minimum absolute atomic E-state index is 0.0150. The van der Waals surface area contributed by atoms with Crippen molar-refractivity contribution in [2.45, 2.75) is 44.2 Å². The van der Waals surface area contributed by atoms with E-state index in [1.165, 1.54) is 0 Å². The lowest BCUT2D eigenvalue weighted by atomic mass is 9.95. The lowest BCUT2D eigenvalue weighted by molar-refractivity contribution is 0.103. The minimum atomic E-state index is -0.0150. The monoisotopic (exact) mass is 154 g/mol. The van der Waals surface area contributed by atoms with Crippen LogP contribution in [0.1, 0.15) is 33.1 Å². The van der Waals surface area contributed by atoms with Gasteiger partial charge in [-0.2, -0.15) is 0 Å². The molecule has 1 aliphatic heterocycles. The summed E-state index contributed by atoms with van der Waals surface area (Å²) in [5.41, 5.74) is 5.62. The van der Waals surface area contributed by atoms with Gasteiger partial charge in [0, 0.05) is 6.42 Å². The average molecular weight is 154 g/mol. The van der Waals surface area contributed by atoms with Crippen molar-refractivity contribution in [1.29, 1.82) is 0 Å². The third-order valence-electron chi connectivity index (χ3n) is 2.30. The Morgan fingerprint density at radius 2 is 2.09 bits per heavy atom. The maximum atomic E-state index is 5.55. The summed E-state index contributed by atoms with van der Waals surface area (Å²) in [6.45, 7) is 4.20. The van der Waals surface area contributed by atoms with Gasteiger partial charge in [-0.05, 0) is 26.7 Å². The number of hydrogen-bond donors (Lipinski definition) is 1. The van der Waals surface area contributed by atoms with Crippen molar-refractivity contribution >= 4 is 6.02 Å². The standard InChI is InChI=1S/C8H14N2O/c1-7(2)5-8(3-4-8)11-6(9)10-7/h3-5H2,1-2H3,(H2,9,10). The Bertz CT molecular complexity index is 216. The van der Waals surface area contributed by atoms with Gasteiger partial charge in [0.15, 0.2) is 0 Å². The highest BCUT2D eigenvalue weighted by molar-refractivity contribution is 5.73. The van der Waals surface area contributed by atoms with E-state index in [2.05, 4.69) is 18.8 Å². The number of hydrogen-bond acceptors (Lipinski definition) is 3. The molecule has 2 aliphatic rings. The Labute approximate surface area is 66.6 Å². The number of amidine groups is 1. The SMILES string of the molecule is CC1(C)CC2(CC2)OC(N)=N1. The molecule has 1 fully saturated rings. The van der Waals surface area contributed by atoms with Crippen LogP contribution in [0.4, 0.5) is 0 Å². The smallest absolute Gasteiger partial charge is 0.283 e. The topological polar surface area (TPSA) is 47.6 Å². The van der Waals surface area contributed by atoms with E-state index >= 15 is 0 Å². The molecule has 0 amide bonds. The average Bonchev–Trinajstić information content (AvgIpc) is 2.41. The third kappa shape index (κ3) is 1.19. The van der Waals surface area contributed by atoms with Gasteiger partial charge in [-0.15, -0.1) is 0 Å². The number of ether oxygens (including phenoxy) is 1. The van der Waals surface area contributed by atoms with E-state index in [1.807, 2.05) is 0 Å². The zero-order valence-corrected chi connectivity index (χ0v) is 7.05. The molecule has 3 nitrogen and oxygen atoms in total. The van der Waals surface area contributed by atoms with Crippen molar-refractivity contribution in [2.24, 2.45) is 10.7 Å². The summed E-state index contributed by atoms with van der Waals surface area (Å²) in [4.78, 5) is 4.22. The van der Waals surface area contributed by atoms with E-state index < -0.39 is 0 Å². The molecule has 11 heavy (non-hydrogen) atoms. The first-order valence-corrected chi connectivity index (χ1v) is 4.06. The summed E-state index contributed by atoms with van der Waals surface area (Å²) in [6, 6.07) is 0.374. The zero-order chi connectivity index (χ0) is 8.11. The highest BCUT2D eigenvalue weighted by atomic mass is 16.5. The maximum absolute atomic E-state index is 5.55. The molecule has 0 aromatic carbocycles. The van der Waals surface area contributed by atoms with E-state index in [-0.39, 0.29) is 11.1 Å². The van der Waals surface area contributed by atoms with Crippen LogP contribution in [0.3, 0.4) is 0 Å². The van der Waals surface area contributed by atoms with Crippen LogP contribution in [0.5, 0.6) is 0 Å². The predicted molar refractivity (Wildman–Crippen MR) is 43.4 cm³/mol. The van der Waals surface area contributed by atoms with Crippen molar-refractivity contribution in [3.05, 3.63) is 0 Å². The molecule has 1 saturated carbocycles. The highest BCUT2D eigenvalue weighted by Gasteiger charge is 2.51. The molecule has 62 valence electrons. The van der Waals surface area contributed by atoms with Crippen LogP contribution < -0.4 is 5.73 Å². The van der Waals surface area contributed by atoms with Gasteiger partial charge in [0.05, 0.1) is 5.54 Å². The number of nitrogens with zero attached hydrogens (tertiary/aromatic N) is 1. The summed E-state index contributed by atoms with van der Waals surface area (Å²) in [5, 5.41) is 0. The number of nitrogens with two attached hydrogens (primary N) is 1. The molecule has 0 saturated heterocycles. The molecule has 1 aliphatic carbocycles. The Morgan fingerprint density at radius 3 is 2.55 bits per heavy atom. The Kier molecular flexibility index (Phi) is 1.08. The van der Waals surface area contributed by atoms with Crippen LogP contribution in [0, 0.1) is 0 Å². The van der Waals surface area contributed by atoms with Gasteiger partial charge >= 0.3 is 0 Å². The zero-order valence-electron chi connectivity index (χ0n) is 7.05. The third-order valence-corrected chi connectivity index (χ3v) is 2.30. The Morgan fingerprint density at radius 1 is 1.45 bits per heavy atom. The van der Waals surface area contributed by atoms with E-state index in [1.54, 1.807) is 0 Å². The quantitative estimate of drug-likeness (QED) is 0.566. The first-order chi connectivity index (χ1) is 5.02. The summed E-state index contributed by atoms with van der Waals surface area (Å²) < 4.78 is 5.45. The number of aliphatic imine (C=N–C) groups is 1. The van der Waals surface area contributed by atoms with E-state index in [9.17, 15) is 0 Å². The van der Waals surface area contributed by atoms with Gasteiger partial charge in [0.25, 0.3) is 6.02 Å². The molecule has 0 bridgehead atoms.